The van der Waals surface area contributed by atoms with Crippen LogP contribution in [0, 0.1) is 0 Å². The number of rotatable bonds is 2. The normalized spacial score (nSPS) is 30.2. The van der Waals surface area contributed by atoms with Crippen LogP contribution in [-0.2, 0) is 4.74 Å². The molecule has 10 heteroatoms. The second-order valence-corrected chi connectivity index (χ2v) is 5.13. The van der Waals surface area contributed by atoms with Crippen molar-refractivity contribution < 1.29 is 20.1 Å². The molecule has 0 radical (unpaired) electrons. The molecule has 1 fully saturated rings. The highest BCUT2D eigenvalue weighted by Crippen LogP contribution is 2.34. The van der Waals surface area contributed by atoms with E-state index in [-0.39, 0.29) is 5.95 Å². The number of nitrogens with zero attached hydrogens (tertiary/aromatic N) is 4. The molecule has 3 rings (SSSR count). The van der Waals surface area contributed by atoms with Crippen molar-refractivity contribution in [2.45, 2.75) is 24.5 Å². The van der Waals surface area contributed by atoms with Crippen LogP contribution in [0.5, 0.6) is 0 Å². The standard InChI is InChI=1S/C10H12BrN5O4/c11-9-14-3-1-13-10(12)15-7(3)16(9)8-6(19)5(18)4(2-17)20-8/h1,4-6,8,17-19H,2H2,(H2,12,13,15)/t4-,5-,6-,8-/m1/s1. The maximum atomic E-state index is 10.1. The molecule has 9 nitrogen and oxygen atoms in total. The number of anilines is 1. The van der Waals surface area contributed by atoms with Gasteiger partial charge in [0.25, 0.3) is 0 Å². The van der Waals surface area contributed by atoms with Gasteiger partial charge in [-0.25, -0.2) is 9.97 Å². The van der Waals surface area contributed by atoms with E-state index in [0.717, 1.165) is 0 Å². The van der Waals surface area contributed by atoms with Crippen molar-refractivity contribution in [2.75, 3.05) is 12.3 Å². The van der Waals surface area contributed by atoms with Crippen molar-refractivity contribution in [3.63, 3.8) is 0 Å². The van der Waals surface area contributed by atoms with Crippen LogP contribution in [0.25, 0.3) is 11.2 Å². The first-order valence-electron chi connectivity index (χ1n) is 5.81. The Kier molecular flexibility index (Phi) is 3.34. The van der Waals surface area contributed by atoms with Crippen LogP contribution in [0.2, 0.25) is 0 Å². The number of aliphatic hydroxyl groups excluding tert-OH is 3. The number of hydrogen-bond donors (Lipinski definition) is 4. The number of nitrogen functional groups attached to an aromatic ring is 1. The number of halogens is 1. The van der Waals surface area contributed by atoms with Gasteiger partial charge in [0.05, 0.1) is 12.8 Å². The molecule has 0 unspecified atom stereocenters. The van der Waals surface area contributed by atoms with E-state index in [1.54, 1.807) is 0 Å². The fourth-order valence-electron chi connectivity index (χ4n) is 2.20. The Hall–Kier alpha value is -1.33. The molecule has 0 saturated carbocycles. The minimum Gasteiger partial charge on any atom is -0.394 e. The molecule has 20 heavy (non-hydrogen) atoms. The Morgan fingerprint density at radius 3 is 2.75 bits per heavy atom. The lowest BCUT2D eigenvalue weighted by Gasteiger charge is -2.17. The molecule has 0 bridgehead atoms. The van der Waals surface area contributed by atoms with Crippen molar-refractivity contribution in [1.29, 1.82) is 0 Å². The smallest absolute Gasteiger partial charge is 0.222 e. The van der Waals surface area contributed by atoms with Crippen molar-refractivity contribution in [1.82, 2.24) is 19.5 Å². The van der Waals surface area contributed by atoms with Gasteiger partial charge < -0.3 is 25.8 Å². The summed E-state index contributed by atoms with van der Waals surface area (Å²) < 4.78 is 7.25. The minimum absolute atomic E-state index is 0.0536. The molecule has 108 valence electrons. The first kappa shape index (κ1) is 13.6. The number of aromatic nitrogens is 4. The van der Waals surface area contributed by atoms with E-state index in [2.05, 4.69) is 30.9 Å². The van der Waals surface area contributed by atoms with Crippen molar-refractivity contribution in [2.24, 2.45) is 0 Å². The fraction of sp³-hybridized carbons (Fsp3) is 0.500. The largest absolute Gasteiger partial charge is 0.394 e. The van der Waals surface area contributed by atoms with E-state index in [9.17, 15) is 10.2 Å². The molecule has 1 aliphatic rings. The monoisotopic (exact) mass is 345 g/mol. The summed E-state index contributed by atoms with van der Waals surface area (Å²) in [7, 11) is 0. The lowest BCUT2D eigenvalue weighted by atomic mass is 10.1. The fourth-order valence-corrected chi connectivity index (χ4v) is 2.76. The molecule has 0 spiro atoms. The molecule has 2 aromatic heterocycles. The van der Waals surface area contributed by atoms with Gasteiger partial charge >= 0.3 is 0 Å². The lowest BCUT2D eigenvalue weighted by Crippen LogP contribution is -2.33. The van der Waals surface area contributed by atoms with Crippen LogP contribution < -0.4 is 5.73 Å². The van der Waals surface area contributed by atoms with Gasteiger partial charge in [0, 0.05) is 0 Å². The number of hydrogen-bond acceptors (Lipinski definition) is 8. The molecular formula is C10H12BrN5O4. The number of nitrogens with two attached hydrogens (primary N) is 1. The number of imidazole rings is 1. The maximum absolute atomic E-state index is 10.1. The zero-order valence-corrected chi connectivity index (χ0v) is 11.7. The van der Waals surface area contributed by atoms with E-state index in [1.165, 1.54) is 10.8 Å². The third-order valence-electron chi connectivity index (χ3n) is 3.18. The van der Waals surface area contributed by atoms with Gasteiger partial charge in [-0.2, -0.15) is 4.98 Å². The van der Waals surface area contributed by atoms with E-state index >= 15 is 0 Å². The van der Waals surface area contributed by atoms with Crippen molar-refractivity contribution in [3.8, 4) is 0 Å². The Balaban J connectivity index is 2.10. The SMILES string of the molecule is Nc1ncc2nc(Br)n([C@@H]3O[C@H](CO)[C@@H](O)[C@H]3O)c2n1. The molecule has 4 atom stereocenters. The van der Waals surface area contributed by atoms with Gasteiger partial charge in [-0.3, -0.25) is 4.57 Å². The molecule has 2 aromatic rings. The molecule has 3 heterocycles. The third-order valence-corrected chi connectivity index (χ3v) is 3.74. The number of aliphatic hydroxyl groups is 3. The van der Waals surface area contributed by atoms with Crippen LogP contribution in [0.3, 0.4) is 0 Å². The lowest BCUT2D eigenvalue weighted by molar-refractivity contribution is -0.0521. The number of fused-ring (bicyclic) bond motifs is 1. The van der Waals surface area contributed by atoms with Gasteiger partial charge in [0.1, 0.15) is 23.8 Å². The summed E-state index contributed by atoms with van der Waals surface area (Å²) in [5.74, 6) is 0.0536. The van der Waals surface area contributed by atoms with Gasteiger partial charge in [0.2, 0.25) is 5.95 Å². The third kappa shape index (κ3) is 1.96. The first-order chi connectivity index (χ1) is 9.52. The summed E-state index contributed by atoms with van der Waals surface area (Å²) in [5, 5.41) is 29.0. The summed E-state index contributed by atoms with van der Waals surface area (Å²) in [4.78, 5) is 12.1. The van der Waals surface area contributed by atoms with Gasteiger partial charge in [0.15, 0.2) is 16.6 Å². The average Bonchev–Trinajstić information content (AvgIpc) is 2.88. The van der Waals surface area contributed by atoms with E-state index in [1.807, 2.05) is 0 Å². The molecular weight excluding hydrogens is 334 g/mol. The minimum atomic E-state index is -1.22. The van der Waals surface area contributed by atoms with Crippen LogP contribution >= 0.6 is 15.9 Å². The molecule has 0 aliphatic carbocycles. The second kappa shape index (κ2) is 4.90. The highest BCUT2D eigenvalue weighted by molar-refractivity contribution is 9.10. The summed E-state index contributed by atoms with van der Waals surface area (Å²) in [5.41, 5.74) is 6.37. The van der Waals surface area contributed by atoms with Gasteiger partial charge in [-0.1, -0.05) is 0 Å². The average molecular weight is 346 g/mol. The summed E-state index contributed by atoms with van der Waals surface area (Å²) in [6.45, 7) is -0.407. The Labute approximate surface area is 121 Å². The highest BCUT2D eigenvalue weighted by atomic mass is 79.9. The van der Waals surface area contributed by atoms with Gasteiger partial charge in [-0.15, -0.1) is 0 Å². The van der Waals surface area contributed by atoms with Gasteiger partial charge in [-0.05, 0) is 15.9 Å². The quantitative estimate of drug-likeness (QED) is 0.496. The Bertz CT molecular complexity index is 650. The summed E-state index contributed by atoms with van der Waals surface area (Å²) in [6.07, 6.45) is -2.79. The Morgan fingerprint density at radius 1 is 1.35 bits per heavy atom. The maximum Gasteiger partial charge on any atom is 0.222 e. The van der Waals surface area contributed by atoms with E-state index < -0.39 is 31.1 Å². The van der Waals surface area contributed by atoms with Crippen LogP contribution in [0.1, 0.15) is 6.23 Å². The van der Waals surface area contributed by atoms with E-state index in [4.69, 9.17) is 15.6 Å². The molecule has 1 aliphatic heterocycles. The van der Waals surface area contributed by atoms with E-state index in [0.29, 0.717) is 15.9 Å². The number of ether oxygens (including phenoxy) is 1. The van der Waals surface area contributed by atoms with Crippen LogP contribution in [0.15, 0.2) is 10.9 Å². The molecule has 0 aromatic carbocycles. The van der Waals surface area contributed by atoms with Crippen molar-refractivity contribution >= 4 is 33.0 Å². The predicted molar refractivity (Wildman–Crippen MR) is 70.4 cm³/mol. The summed E-state index contributed by atoms with van der Waals surface area (Å²) >= 11 is 3.24. The molecule has 1 saturated heterocycles. The molecule has 0 amide bonds. The first-order valence-corrected chi connectivity index (χ1v) is 6.60. The summed E-state index contributed by atoms with van der Waals surface area (Å²) in [6, 6.07) is 0. The highest BCUT2D eigenvalue weighted by Gasteiger charge is 2.44. The van der Waals surface area contributed by atoms with Crippen molar-refractivity contribution in [3.05, 3.63) is 10.9 Å². The Morgan fingerprint density at radius 2 is 2.10 bits per heavy atom. The topological polar surface area (TPSA) is 140 Å². The van der Waals surface area contributed by atoms with Crippen LogP contribution in [-0.4, -0.2) is 59.8 Å². The molecule has 5 N–H and O–H groups in total. The zero-order valence-electron chi connectivity index (χ0n) is 10.1. The zero-order chi connectivity index (χ0) is 14.4. The predicted octanol–water partition coefficient (Wildman–Crippen LogP) is -1.22. The van der Waals surface area contributed by atoms with Crippen LogP contribution in [0.4, 0.5) is 5.95 Å². The second-order valence-electron chi connectivity index (χ2n) is 4.42.